The lowest BCUT2D eigenvalue weighted by atomic mass is 9.93. The Labute approximate surface area is 105 Å². The molecule has 94 valence electrons. The van der Waals surface area contributed by atoms with Crippen molar-refractivity contribution in [2.45, 2.75) is 51.9 Å². The van der Waals surface area contributed by atoms with E-state index in [1.807, 2.05) is 0 Å². The smallest absolute Gasteiger partial charge is 0.0438 e. The maximum absolute atomic E-state index is 4.82. The van der Waals surface area contributed by atoms with Gasteiger partial charge in [0.15, 0.2) is 0 Å². The first kappa shape index (κ1) is 12.6. The van der Waals surface area contributed by atoms with E-state index in [2.05, 4.69) is 31.3 Å². The Hall–Kier alpha value is -0.890. The summed E-state index contributed by atoms with van der Waals surface area (Å²) in [6, 6.07) is 4.56. The summed E-state index contributed by atoms with van der Waals surface area (Å²) in [6.45, 7) is 6.69. The Morgan fingerprint density at radius 1 is 1.29 bits per heavy atom. The standard InChI is InChI=1S/C15H24N2/c1-3-4-5-13-6-7-15(17-12(13)2)14-8-10-16-11-9-14/h6-7,14,16H,3-5,8-11H2,1-2H3. The van der Waals surface area contributed by atoms with Crippen LogP contribution in [0, 0.1) is 6.92 Å². The number of hydrogen-bond donors (Lipinski definition) is 1. The van der Waals surface area contributed by atoms with Gasteiger partial charge in [0.1, 0.15) is 0 Å². The van der Waals surface area contributed by atoms with E-state index >= 15 is 0 Å². The van der Waals surface area contributed by atoms with Gasteiger partial charge in [-0.3, -0.25) is 4.98 Å². The van der Waals surface area contributed by atoms with Gasteiger partial charge in [0.2, 0.25) is 0 Å². The molecular formula is C15H24N2. The average molecular weight is 232 g/mol. The van der Waals surface area contributed by atoms with Crippen molar-refractivity contribution in [1.29, 1.82) is 0 Å². The van der Waals surface area contributed by atoms with Crippen molar-refractivity contribution < 1.29 is 0 Å². The molecule has 0 atom stereocenters. The molecule has 1 aromatic rings. The lowest BCUT2D eigenvalue weighted by Crippen LogP contribution is -2.27. The summed E-state index contributed by atoms with van der Waals surface area (Å²) in [5.74, 6) is 0.676. The molecule has 0 amide bonds. The molecule has 0 unspecified atom stereocenters. The van der Waals surface area contributed by atoms with E-state index in [0.717, 1.165) is 13.1 Å². The van der Waals surface area contributed by atoms with E-state index < -0.39 is 0 Å². The Morgan fingerprint density at radius 2 is 2.06 bits per heavy atom. The number of pyridine rings is 1. The highest BCUT2D eigenvalue weighted by molar-refractivity contribution is 5.24. The van der Waals surface area contributed by atoms with Crippen LogP contribution in [0.1, 0.15) is 55.5 Å². The van der Waals surface area contributed by atoms with Crippen LogP contribution in [0.3, 0.4) is 0 Å². The molecule has 1 aliphatic rings. The Bertz CT molecular complexity index is 354. The van der Waals surface area contributed by atoms with E-state index in [1.54, 1.807) is 0 Å². The van der Waals surface area contributed by atoms with Crippen LogP contribution in [0.4, 0.5) is 0 Å². The van der Waals surface area contributed by atoms with Crippen LogP contribution in [-0.4, -0.2) is 18.1 Å². The molecule has 0 radical (unpaired) electrons. The molecule has 2 rings (SSSR count). The van der Waals surface area contributed by atoms with Gasteiger partial charge in [-0.2, -0.15) is 0 Å². The number of unbranched alkanes of at least 4 members (excludes halogenated alkanes) is 1. The van der Waals surface area contributed by atoms with Crippen LogP contribution in [0.2, 0.25) is 0 Å². The van der Waals surface area contributed by atoms with Crippen molar-refractivity contribution in [3.05, 3.63) is 29.1 Å². The zero-order valence-corrected chi connectivity index (χ0v) is 11.1. The van der Waals surface area contributed by atoms with E-state index in [9.17, 15) is 0 Å². The molecule has 1 aromatic heterocycles. The van der Waals surface area contributed by atoms with E-state index in [-0.39, 0.29) is 0 Å². The Morgan fingerprint density at radius 3 is 2.71 bits per heavy atom. The van der Waals surface area contributed by atoms with Gasteiger partial charge >= 0.3 is 0 Å². The first-order chi connectivity index (χ1) is 8.31. The van der Waals surface area contributed by atoms with Gasteiger partial charge in [-0.25, -0.2) is 0 Å². The largest absolute Gasteiger partial charge is 0.317 e. The van der Waals surface area contributed by atoms with Crippen molar-refractivity contribution in [3.63, 3.8) is 0 Å². The molecule has 0 aromatic carbocycles. The first-order valence-corrected chi connectivity index (χ1v) is 6.98. The number of aromatic nitrogens is 1. The number of hydrogen-bond acceptors (Lipinski definition) is 2. The normalized spacial score (nSPS) is 17.3. The summed E-state index contributed by atoms with van der Waals surface area (Å²) in [7, 11) is 0. The summed E-state index contributed by atoms with van der Waals surface area (Å²) in [5.41, 5.74) is 3.99. The summed E-state index contributed by atoms with van der Waals surface area (Å²) >= 11 is 0. The molecule has 1 aliphatic heterocycles. The zero-order chi connectivity index (χ0) is 12.1. The highest BCUT2D eigenvalue weighted by Gasteiger charge is 2.16. The van der Waals surface area contributed by atoms with Crippen LogP contribution in [0.5, 0.6) is 0 Å². The van der Waals surface area contributed by atoms with E-state index in [1.165, 1.54) is 49.1 Å². The molecular weight excluding hydrogens is 208 g/mol. The Balaban J connectivity index is 2.06. The monoisotopic (exact) mass is 232 g/mol. The molecule has 2 heteroatoms. The molecule has 1 fully saturated rings. The fourth-order valence-electron chi connectivity index (χ4n) is 2.59. The fraction of sp³-hybridized carbons (Fsp3) is 0.667. The third-order valence-electron chi connectivity index (χ3n) is 3.77. The maximum atomic E-state index is 4.82. The summed E-state index contributed by atoms with van der Waals surface area (Å²) < 4.78 is 0. The second-order valence-electron chi connectivity index (χ2n) is 5.11. The Kier molecular flexibility index (Phi) is 4.55. The van der Waals surface area contributed by atoms with Gasteiger partial charge < -0.3 is 5.32 Å². The summed E-state index contributed by atoms with van der Waals surface area (Å²) in [6.07, 6.45) is 6.19. The molecule has 17 heavy (non-hydrogen) atoms. The quantitative estimate of drug-likeness (QED) is 0.862. The molecule has 0 spiro atoms. The van der Waals surface area contributed by atoms with Crippen molar-refractivity contribution in [1.82, 2.24) is 10.3 Å². The minimum absolute atomic E-state index is 0.676. The lowest BCUT2D eigenvalue weighted by molar-refractivity contribution is 0.452. The maximum Gasteiger partial charge on any atom is 0.0438 e. The number of rotatable bonds is 4. The topological polar surface area (TPSA) is 24.9 Å². The molecule has 2 nitrogen and oxygen atoms in total. The molecule has 2 heterocycles. The zero-order valence-electron chi connectivity index (χ0n) is 11.1. The molecule has 1 N–H and O–H groups in total. The lowest BCUT2D eigenvalue weighted by Gasteiger charge is -2.22. The second kappa shape index (κ2) is 6.15. The van der Waals surface area contributed by atoms with Crippen LogP contribution in [0.25, 0.3) is 0 Å². The van der Waals surface area contributed by atoms with Gasteiger partial charge in [0.25, 0.3) is 0 Å². The van der Waals surface area contributed by atoms with Crippen molar-refractivity contribution >= 4 is 0 Å². The van der Waals surface area contributed by atoms with Crippen molar-refractivity contribution in [2.75, 3.05) is 13.1 Å². The number of nitrogens with zero attached hydrogens (tertiary/aromatic N) is 1. The van der Waals surface area contributed by atoms with Gasteiger partial charge in [-0.1, -0.05) is 19.4 Å². The van der Waals surface area contributed by atoms with Crippen LogP contribution < -0.4 is 5.32 Å². The third kappa shape index (κ3) is 3.29. The molecule has 0 bridgehead atoms. The van der Waals surface area contributed by atoms with Crippen LogP contribution in [0.15, 0.2) is 12.1 Å². The minimum Gasteiger partial charge on any atom is -0.317 e. The van der Waals surface area contributed by atoms with Gasteiger partial charge in [-0.05, 0) is 57.3 Å². The third-order valence-corrected chi connectivity index (χ3v) is 3.77. The number of nitrogens with one attached hydrogen (secondary N) is 1. The summed E-state index contributed by atoms with van der Waals surface area (Å²) in [4.78, 5) is 4.82. The van der Waals surface area contributed by atoms with Gasteiger partial charge in [0, 0.05) is 17.3 Å². The average Bonchev–Trinajstić information content (AvgIpc) is 2.38. The first-order valence-electron chi connectivity index (χ1n) is 6.98. The highest BCUT2D eigenvalue weighted by atomic mass is 14.9. The summed E-state index contributed by atoms with van der Waals surface area (Å²) in [5, 5.41) is 3.41. The fourth-order valence-corrected chi connectivity index (χ4v) is 2.59. The van der Waals surface area contributed by atoms with E-state index in [4.69, 9.17) is 4.98 Å². The highest BCUT2D eigenvalue weighted by Crippen LogP contribution is 2.24. The molecule has 1 saturated heterocycles. The van der Waals surface area contributed by atoms with Gasteiger partial charge in [0.05, 0.1) is 0 Å². The number of aryl methyl sites for hydroxylation is 2. The predicted molar refractivity (Wildman–Crippen MR) is 72.4 cm³/mol. The SMILES string of the molecule is CCCCc1ccc(C2CCNCC2)nc1C. The van der Waals surface area contributed by atoms with Crippen molar-refractivity contribution in [3.8, 4) is 0 Å². The van der Waals surface area contributed by atoms with Crippen LogP contribution >= 0.6 is 0 Å². The minimum atomic E-state index is 0.676. The molecule has 0 saturated carbocycles. The molecule has 0 aliphatic carbocycles. The second-order valence-corrected chi connectivity index (χ2v) is 5.11. The van der Waals surface area contributed by atoms with Gasteiger partial charge in [-0.15, -0.1) is 0 Å². The van der Waals surface area contributed by atoms with Crippen LogP contribution in [-0.2, 0) is 6.42 Å². The van der Waals surface area contributed by atoms with Crippen molar-refractivity contribution in [2.24, 2.45) is 0 Å². The van der Waals surface area contributed by atoms with E-state index in [0.29, 0.717) is 5.92 Å². The number of piperidine rings is 1. The predicted octanol–water partition coefficient (Wildman–Crippen LogP) is 3.20.